The molecular weight excluding hydrogens is 292 g/mol. The van der Waals surface area contributed by atoms with E-state index >= 15 is 0 Å². The normalized spacial score (nSPS) is 10.8. The highest BCUT2D eigenvalue weighted by atomic mass is 35.5. The SMILES string of the molecule is Cc1c(Cl)cccc1N=Nc1c(C)c(C#N)c(O)[nH]c1=O. The molecule has 0 atom stereocenters. The molecule has 106 valence electrons. The van der Waals surface area contributed by atoms with Crippen LogP contribution in [0.5, 0.6) is 5.88 Å². The quantitative estimate of drug-likeness (QED) is 0.828. The zero-order valence-electron chi connectivity index (χ0n) is 11.3. The Bertz CT molecular complexity index is 834. The van der Waals surface area contributed by atoms with Crippen LogP contribution in [0.4, 0.5) is 11.4 Å². The van der Waals surface area contributed by atoms with Crippen LogP contribution in [0.15, 0.2) is 33.2 Å². The Balaban J connectivity index is 2.55. The Kier molecular flexibility index (Phi) is 4.05. The van der Waals surface area contributed by atoms with Gasteiger partial charge in [0.2, 0.25) is 5.88 Å². The van der Waals surface area contributed by atoms with Gasteiger partial charge in [-0.05, 0) is 31.5 Å². The summed E-state index contributed by atoms with van der Waals surface area (Å²) in [5.41, 5.74) is 0.842. The number of pyridine rings is 1. The summed E-state index contributed by atoms with van der Waals surface area (Å²) in [6, 6.07) is 6.96. The molecule has 1 aromatic heterocycles. The fraction of sp³-hybridized carbons (Fsp3) is 0.143. The van der Waals surface area contributed by atoms with Gasteiger partial charge in [-0.15, -0.1) is 5.11 Å². The molecule has 7 heteroatoms. The second kappa shape index (κ2) is 5.77. The predicted molar refractivity (Wildman–Crippen MR) is 78.5 cm³/mol. The number of hydrogen-bond donors (Lipinski definition) is 2. The highest BCUT2D eigenvalue weighted by Crippen LogP contribution is 2.28. The zero-order valence-corrected chi connectivity index (χ0v) is 12.1. The molecule has 0 aliphatic rings. The van der Waals surface area contributed by atoms with Crippen molar-refractivity contribution in [1.82, 2.24) is 4.98 Å². The first-order chi connectivity index (χ1) is 9.95. The van der Waals surface area contributed by atoms with E-state index in [9.17, 15) is 9.90 Å². The van der Waals surface area contributed by atoms with Gasteiger partial charge in [0.1, 0.15) is 11.6 Å². The van der Waals surface area contributed by atoms with Crippen LogP contribution in [-0.4, -0.2) is 10.1 Å². The number of aromatic amines is 1. The van der Waals surface area contributed by atoms with Crippen molar-refractivity contribution >= 4 is 23.0 Å². The number of nitrogens with one attached hydrogen (secondary N) is 1. The van der Waals surface area contributed by atoms with Crippen LogP contribution in [0.2, 0.25) is 5.02 Å². The van der Waals surface area contributed by atoms with Crippen LogP contribution >= 0.6 is 11.6 Å². The molecule has 2 aromatic rings. The lowest BCUT2D eigenvalue weighted by Gasteiger charge is -2.04. The maximum atomic E-state index is 11.8. The summed E-state index contributed by atoms with van der Waals surface area (Å²) in [7, 11) is 0. The molecule has 1 heterocycles. The predicted octanol–water partition coefficient (Wildman–Crippen LogP) is 3.64. The molecule has 2 N–H and O–H groups in total. The third-order valence-corrected chi connectivity index (χ3v) is 3.43. The highest BCUT2D eigenvalue weighted by molar-refractivity contribution is 6.31. The largest absolute Gasteiger partial charge is 0.494 e. The molecule has 0 saturated heterocycles. The molecule has 2 rings (SSSR count). The van der Waals surface area contributed by atoms with E-state index in [0.717, 1.165) is 5.56 Å². The minimum Gasteiger partial charge on any atom is -0.494 e. The van der Waals surface area contributed by atoms with Gasteiger partial charge in [0.25, 0.3) is 5.56 Å². The molecule has 0 spiro atoms. The molecule has 21 heavy (non-hydrogen) atoms. The summed E-state index contributed by atoms with van der Waals surface area (Å²) >= 11 is 5.98. The molecule has 0 aliphatic heterocycles. The third-order valence-electron chi connectivity index (χ3n) is 3.02. The Labute approximate surface area is 125 Å². The van der Waals surface area contributed by atoms with E-state index in [1.807, 2.05) is 0 Å². The van der Waals surface area contributed by atoms with Gasteiger partial charge < -0.3 is 5.11 Å². The molecule has 0 unspecified atom stereocenters. The number of halogens is 1. The minimum atomic E-state index is -0.618. The molecule has 0 bridgehead atoms. The van der Waals surface area contributed by atoms with Crippen LogP contribution in [0.3, 0.4) is 0 Å². The van der Waals surface area contributed by atoms with Crippen molar-refractivity contribution in [3.05, 3.63) is 50.3 Å². The van der Waals surface area contributed by atoms with Crippen LogP contribution in [0.1, 0.15) is 16.7 Å². The lowest BCUT2D eigenvalue weighted by atomic mass is 10.1. The average molecular weight is 303 g/mol. The number of nitriles is 1. The van der Waals surface area contributed by atoms with Gasteiger partial charge in [-0.3, -0.25) is 9.78 Å². The lowest BCUT2D eigenvalue weighted by Crippen LogP contribution is -2.08. The van der Waals surface area contributed by atoms with Crippen molar-refractivity contribution < 1.29 is 5.11 Å². The third kappa shape index (κ3) is 2.78. The molecule has 0 amide bonds. The maximum Gasteiger partial charge on any atom is 0.278 e. The first-order valence-electron chi connectivity index (χ1n) is 5.98. The smallest absolute Gasteiger partial charge is 0.278 e. The van der Waals surface area contributed by atoms with Crippen molar-refractivity contribution in [2.24, 2.45) is 10.2 Å². The number of H-pyrrole nitrogens is 1. The van der Waals surface area contributed by atoms with Crippen molar-refractivity contribution in [3.63, 3.8) is 0 Å². The molecule has 1 aromatic carbocycles. The Morgan fingerprint density at radius 3 is 2.67 bits per heavy atom. The number of rotatable bonds is 2. The van der Waals surface area contributed by atoms with Crippen LogP contribution in [0.25, 0.3) is 0 Å². The standard InChI is InChI=1S/C14H11ClN4O2/c1-7-9(6-16)13(20)17-14(21)12(7)19-18-11-5-3-4-10(15)8(11)2/h3-5H,1-2H3,(H2,17,20,21). The number of aromatic nitrogens is 1. The molecule has 0 fully saturated rings. The molecular formula is C14H11ClN4O2. The maximum absolute atomic E-state index is 11.8. The summed E-state index contributed by atoms with van der Waals surface area (Å²) in [6.45, 7) is 3.30. The van der Waals surface area contributed by atoms with E-state index in [1.54, 1.807) is 31.2 Å². The summed E-state index contributed by atoms with van der Waals surface area (Å²) in [5.74, 6) is -0.474. The minimum absolute atomic E-state index is 0.0243. The summed E-state index contributed by atoms with van der Waals surface area (Å²) in [5, 5.41) is 26.9. The van der Waals surface area contributed by atoms with Gasteiger partial charge in [-0.1, -0.05) is 17.7 Å². The lowest BCUT2D eigenvalue weighted by molar-refractivity contribution is 0.449. The van der Waals surface area contributed by atoms with E-state index < -0.39 is 11.4 Å². The molecule has 0 radical (unpaired) electrons. The van der Waals surface area contributed by atoms with Gasteiger partial charge >= 0.3 is 0 Å². The van der Waals surface area contributed by atoms with Crippen molar-refractivity contribution in [2.45, 2.75) is 13.8 Å². The van der Waals surface area contributed by atoms with Gasteiger partial charge in [0.05, 0.1) is 5.69 Å². The van der Waals surface area contributed by atoms with Gasteiger partial charge in [0, 0.05) is 10.6 Å². The van der Waals surface area contributed by atoms with E-state index in [1.165, 1.54) is 6.92 Å². The van der Waals surface area contributed by atoms with Crippen molar-refractivity contribution in [1.29, 1.82) is 5.26 Å². The number of azo groups is 1. The molecule has 0 saturated carbocycles. The first-order valence-corrected chi connectivity index (χ1v) is 6.36. The van der Waals surface area contributed by atoms with Gasteiger partial charge in [-0.2, -0.15) is 10.4 Å². The Hall–Kier alpha value is -2.65. The van der Waals surface area contributed by atoms with E-state index in [2.05, 4.69) is 15.2 Å². The van der Waals surface area contributed by atoms with E-state index in [4.69, 9.17) is 16.9 Å². The number of aromatic hydroxyl groups is 1. The number of hydrogen-bond acceptors (Lipinski definition) is 5. The highest BCUT2D eigenvalue weighted by Gasteiger charge is 2.13. The van der Waals surface area contributed by atoms with Gasteiger partial charge in [-0.25, -0.2) is 0 Å². The second-order valence-corrected chi connectivity index (χ2v) is 4.75. The molecule has 6 nitrogen and oxygen atoms in total. The Morgan fingerprint density at radius 2 is 2.00 bits per heavy atom. The first kappa shape index (κ1) is 14.8. The average Bonchev–Trinajstić information content (AvgIpc) is 2.43. The monoisotopic (exact) mass is 302 g/mol. The van der Waals surface area contributed by atoms with E-state index in [-0.39, 0.29) is 16.8 Å². The van der Waals surface area contributed by atoms with Crippen LogP contribution < -0.4 is 5.56 Å². The van der Waals surface area contributed by atoms with Crippen molar-refractivity contribution in [2.75, 3.05) is 0 Å². The zero-order chi connectivity index (χ0) is 15.6. The summed E-state index contributed by atoms with van der Waals surface area (Å²) < 4.78 is 0. The fourth-order valence-electron chi connectivity index (χ4n) is 1.76. The topological polar surface area (TPSA) is 102 Å². The summed E-state index contributed by atoms with van der Waals surface area (Å²) in [4.78, 5) is 14.0. The van der Waals surface area contributed by atoms with Gasteiger partial charge in [0.15, 0.2) is 5.69 Å². The van der Waals surface area contributed by atoms with Crippen LogP contribution in [0, 0.1) is 25.2 Å². The number of nitrogens with zero attached hydrogens (tertiary/aromatic N) is 3. The number of benzene rings is 1. The van der Waals surface area contributed by atoms with Crippen LogP contribution in [-0.2, 0) is 0 Å². The summed E-state index contributed by atoms with van der Waals surface area (Å²) in [6.07, 6.45) is 0. The second-order valence-electron chi connectivity index (χ2n) is 4.35. The molecule has 0 aliphatic carbocycles. The van der Waals surface area contributed by atoms with E-state index in [0.29, 0.717) is 10.7 Å². The van der Waals surface area contributed by atoms with Crippen molar-refractivity contribution in [3.8, 4) is 11.9 Å². The Morgan fingerprint density at radius 1 is 1.29 bits per heavy atom. The fourth-order valence-corrected chi connectivity index (χ4v) is 1.93.